The zero-order valence-electron chi connectivity index (χ0n) is 25.2. The van der Waals surface area contributed by atoms with E-state index in [1.807, 2.05) is 86.6 Å². The third kappa shape index (κ3) is 7.57. The van der Waals surface area contributed by atoms with E-state index in [9.17, 15) is 4.79 Å². The largest absolute Gasteiger partial charge is 0.490 e. The van der Waals surface area contributed by atoms with Gasteiger partial charge in [-0.05, 0) is 55.2 Å². The molecule has 0 spiro atoms. The van der Waals surface area contributed by atoms with Gasteiger partial charge in [0.25, 0.3) is 0 Å². The van der Waals surface area contributed by atoms with Gasteiger partial charge in [0.15, 0.2) is 11.5 Å². The lowest BCUT2D eigenvalue weighted by atomic mass is 9.95. The highest BCUT2D eigenvalue weighted by molar-refractivity contribution is 7.98. The van der Waals surface area contributed by atoms with E-state index in [0.29, 0.717) is 57.9 Å². The van der Waals surface area contributed by atoms with Crippen molar-refractivity contribution in [2.75, 3.05) is 18.5 Å². The number of allylic oxidation sites excluding steroid dienone is 1. The maximum Gasteiger partial charge on any atom is 0.338 e. The van der Waals surface area contributed by atoms with Crippen molar-refractivity contribution in [2.45, 2.75) is 63.6 Å². The highest BCUT2D eigenvalue weighted by atomic mass is 35.5. The predicted octanol–water partition coefficient (Wildman–Crippen LogP) is 8.22. The average Bonchev–Trinajstić information content (AvgIpc) is 3.44. The summed E-state index contributed by atoms with van der Waals surface area (Å²) < 4.78 is 19.7. The summed E-state index contributed by atoms with van der Waals surface area (Å²) >= 11 is 7.87. The van der Waals surface area contributed by atoms with E-state index in [4.69, 9.17) is 35.9 Å². The average molecular weight is 633 g/mol. The van der Waals surface area contributed by atoms with Crippen molar-refractivity contribution < 1.29 is 19.0 Å². The molecule has 1 aliphatic rings. The quantitative estimate of drug-likeness (QED) is 0.0845. The number of benzene rings is 3. The van der Waals surface area contributed by atoms with Gasteiger partial charge in [-0.3, -0.25) is 0 Å². The number of nitrogens with zero attached hydrogens (tertiary/aromatic N) is 3. The molecule has 0 fully saturated rings. The van der Waals surface area contributed by atoms with Gasteiger partial charge in [0.2, 0.25) is 11.1 Å². The molecule has 0 saturated carbocycles. The molecule has 0 amide bonds. The Hall–Kier alpha value is -3.95. The van der Waals surface area contributed by atoms with E-state index in [0.717, 1.165) is 36.0 Å². The molecule has 230 valence electrons. The van der Waals surface area contributed by atoms with Crippen LogP contribution in [0.15, 0.2) is 89.2 Å². The molecule has 3 aromatic carbocycles. The monoisotopic (exact) mass is 632 g/mol. The minimum Gasteiger partial charge on any atom is -0.490 e. The molecule has 1 N–H and O–H groups in total. The van der Waals surface area contributed by atoms with Crippen LogP contribution in [0, 0.1) is 0 Å². The summed E-state index contributed by atoms with van der Waals surface area (Å²) in [6.07, 6.45) is 3.18. The summed E-state index contributed by atoms with van der Waals surface area (Å²) in [6, 6.07) is 22.5. The third-order valence-electron chi connectivity index (χ3n) is 7.17. The van der Waals surface area contributed by atoms with Crippen molar-refractivity contribution in [3.63, 3.8) is 0 Å². The van der Waals surface area contributed by atoms with Gasteiger partial charge in [-0.25, -0.2) is 9.48 Å². The van der Waals surface area contributed by atoms with Crippen molar-refractivity contribution in [1.29, 1.82) is 0 Å². The van der Waals surface area contributed by atoms with Gasteiger partial charge in [-0.1, -0.05) is 97.7 Å². The lowest BCUT2D eigenvalue weighted by molar-refractivity contribution is -0.140. The number of nitrogens with one attached hydrogen (secondary N) is 1. The first-order valence-corrected chi connectivity index (χ1v) is 16.3. The van der Waals surface area contributed by atoms with E-state index >= 15 is 0 Å². The first kappa shape index (κ1) is 31.5. The molecule has 5 rings (SSSR count). The summed E-state index contributed by atoms with van der Waals surface area (Å²) in [5, 5.41) is 9.39. The fraction of sp³-hybridized carbons (Fsp3) is 0.324. The standard InChI is InChI=1S/C34H37ClN4O4S/c1-4-6-12-19-42-28-18-17-25(20-29(28)41-5-2)31-30(32(40)43-21-24-13-8-7-9-14-24)23(3)36-33-37-34(38-39(31)33)44-22-26-15-10-11-16-27(26)35/h7-11,13-18,20,31H,4-6,12,19,21-22H2,1-3H3,(H,36,37,38). The minimum atomic E-state index is -0.606. The number of unbranched alkanes of at least 4 members (excludes halogenated alkanes) is 2. The van der Waals surface area contributed by atoms with Crippen molar-refractivity contribution in [2.24, 2.45) is 0 Å². The fourth-order valence-corrected chi connectivity index (χ4v) is 6.06. The molecular weight excluding hydrogens is 596 g/mol. The van der Waals surface area contributed by atoms with Crippen molar-refractivity contribution in [3.8, 4) is 11.5 Å². The number of thioether (sulfide) groups is 1. The molecule has 1 aliphatic heterocycles. The Morgan fingerprint density at radius 1 is 1.00 bits per heavy atom. The molecule has 0 saturated heterocycles. The zero-order chi connectivity index (χ0) is 30.9. The van der Waals surface area contributed by atoms with E-state index in [-0.39, 0.29) is 6.61 Å². The third-order valence-corrected chi connectivity index (χ3v) is 8.42. The van der Waals surface area contributed by atoms with Gasteiger partial charge >= 0.3 is 5.97 Å². The van der Waals surface area contributed by atoms with Crippen LogP contribution < -0.4 is 14.8 Å². The Morgan fingerprint density at radius 2 is 1.80 bits per heavy atom. The highest BCUT2D eigenvalue weighted by Crippen LogP contribution is 2.40. The Kier molecular flexibility index (Phi) is 10.9. The molecule has 0 aliphatic carbocycles. The molecule has 44 heavy (non-hydrogen) atoms. The second-order valence-electron chi connectivity index (χ2n) is 10.4. The predicted molar refractivity (Wildman–Crippen MR) is 174 cm³/mol. The number of fused-ring (bicyclic) bond motifs is 1. The number of carbonyl (C=O) groups is 1. The number of esters is 1. The number of halogens is 1. The van der Waals surface area contributed by atoms with Crippen LogP contribution in [-0.4, -0.2) is 33.9 Å². The number of carbonyl (C=O) groups excluding carboxylic acids is 1. The summed E-state index contributed by atoms with van der Waals surface area (Å²) in [5.74, 6) is 1.99. The second kappa shape index (κ2) is 15.2. The molecule has 8 nitrogen and oxygen atoms in total. The molecule has 10 heteroatoms. The van der Waals surface area contributed by atoms with Gasteiger partial charge in [-0.15, -0.1) is 5.10 Å². The maximum absolute atomic E-state index is 13.8. The number of rotatable bonds is 14. The molecule has 1 unspecified atom stereocenters. The van der Waals surface area contributed by atoms with Crippen molar-refractivity contribution in [3.05, 3.63) is 106 Å². The van der Waals surface area contributed by atoms with Crippen molar-refractivity contribution >= 4 is 35.3 Å². The van der Waals surface area contributed by atoms with Crippen LogP contribution in [0.1, 0.15) is 62.8 Å². The highest BCUT2D eigenvalue weighted by Gasteiger charge is 2.36. The molecular formula is C34H37ClN4O4S. The lowest BCUT2D eigenvalue weighted by Crippen LogP contribution is -2.29. The Morgan fingerprint density at radius 3 is 2.57 bits per heavy atom. The fourth-order valence-electron chi connectivity index (χ4n) is 4.94. The summed E-state index contributed by atoms with van der Waals surface area (Å²) in [6.45, 7) is 7.19. The topological polar surface area (TPSA) is 87.5 Å². The van der Waals surface area contributed by atoms with E-state index < -0.39 is 12.0 Å². The SMILES string of the molecule is CCCCCOc1ccc(C2C(C(=O)OCc3ccccc3)=C(C)Nc3nc(SCc4ccccc4Cl)nn32)cc1OCC. The van der Waals surface area contributed by atoms with Crippen LogP contribution in [0.3, 0.4) is 0 Å². The number of ether oxygens (including phenoxy) is 3. The number of hydrogen-bond donors (Lipinski definition) is 1. The normalized spacial score (nSPS) is 14.1. The summed E-state index contributed by atoms with van der Waals surface area (Å²) in [4.78, 5) is 18.5. The maximum atomic E-state index is 13.8. The molecule has 1 atom stereocenters. The van der Waals surface area contributed by atoms with Gasteiger partial charge in [-0.2, -0.15) is 4.98 Å². The van der Waals surface area contributed by atoms with Gasteiger partial charge < -0.3 is 19.5 Å². The van der Waals surface area contributed by atoms with E-state index in [1.165, 1.54) is 11.8 Å². The zero-order valence-corrected chi connectivity index (χ0v) is 26.8. The Labute approximate surface area is 267 Å². The molecule has 4 aromatic rings. The minimum absolute atomic E-state index is 0.154. The van der Waals surface area contributed by atoms with Crippen LogP contribution in [-0.2, 0) is 21.9 Å². The Balaban J connectivity index is 1.48. The second-order valence-corrected chi connectivity index (χ2v) is 11.7. The molecule has 1 aromatic heterocycles. The van der Waals surface area contributed by atoms with Gasteiger partial charge in [0, 0.05) is 16.5 Å². The molecule has 0 bridgehead atoms. The summed E-state index contributed by atoms with van der Waals surface area (Å²) in [7, 11) is 0. The van der Waals surface area contributed by atoms with E-state index in [2.05, 4.69) is 12.2 Å². The summed E-state index contributed by atoms with van der Waals surface area (Å²) in [5.41, 5.74) is 3.79. The number of anilines is 1. The molecule has 2 heterocycles. The molecule has 0 radical (unpaired) electrons. The number of hydrogen-bond acceptors (Lipinski definition) is 8. The van der Waals surface area contributed by atoms with Crippen LogP contribution >= 0.6 is 23.4 Å². The first-order chi connectivity index (χ1) is 21.5. The lowest BCUT2D eigenvalue weighted by Gasteiger charge is -2.28. The van der Waals surface area contributed by atoms with Crippen molar-refractivity contribution in [1.82, 2.24) is 14.8 Å². The van der Waals surface area contributed by atoms with E-state index in [1.54, 1.807) is 4.68 Å². The van der Waals surface area contributed by atoms with Gasteiger partial charge in [0.05, 0.1) is 18.8 Å². The van der Waals surface area contributed by atoms with Gasteiger partial charge in [0.1, 0.15) is 12.6 Å². The van der Waals surface area contributed by atoms with Crippen LogP contribution in [0.2, 0.25) is 5.02 Å². The smallest absolute Gasteiger partial charge is 0.338 e. The van der Waals surface area contributed by atoms with Crippen LogP contribution in [0.25, 0.3) is 0 Å². The first-order valence-electron chi connectivity index (χ1n) is 14.9. The number of aromatic nitrogens is 3. The Bertz CT molecular complexity index is 1610. The van der Waals surface area contributed by atoms with Crippen LogP contribution in [0.4, 0.5) is 5.95 Å². The van der Waals surface area contributed by atoms with Crippen LogP contribution in [0.5, 0.6) is 11.5 Å².